The first-order chi connectivity index (χ1) is 12.1. The van der Waals surface area contributed by atoms with Crippen LogP contribution in [0.4, 0.5) is 0 Å². The fourth-order valence-electron chi connectivity index (χ4n) is 1.83. The fraction of sp³-hybridized carbons (Fsp3) is 0.500. The van der Waals surface area contributed by atoms with Crippen molar-refractivity contribution >= 4 is 42.4 Å². The lowest BCUT2D eigenvalue weighted by Gasteiger charge is -2.37. The number of hydrogen-bond acceptors (Lipinski definition) is 8. The number of aliphatic imine (C=N–C) groups is 1. The summed E-state index contributed by atoms with van der Waals surface area (Å²) in [7, 11) is 0. The molecule has 26 heavy (non-hydrogen) atoms. The van der Waals surface area contributed by atoms with E-state index in [1.807, 2.05) is 0 Å². The van der Waals surface area contributed by atoms with Gasteiger partial charge < -0.3 is 32.1 Å². The Hall–Kier alpha value is -2.44. The highest BCUT2D eigenvalue weighted by molar-refractivity contribution is 7.83. The number of amides is 3. The summed E-state index contributed by atoms with van der Waals surface area (Å²) in [6, 6.07) is -1.39. The van der Waals surface area contributed by atoms with E-state index in [-0.39, 0.29) is 18.8 Å². The van der Waals surface area contributed by atoms with Crippen LogP contribution in [0.1, 0.15) is 13.8 Å². The van der Waals surface area contributed by atoms with Crippen molar-refractivity contribution in [2.45, 2.75) is 31.7 Å². The third-order valence-electron chi connectivity index (χ3n) is 3.23. The predicted molar refractivity (Wildman–Crippen MR) is 98.6 cm³/mol. The Labute approximate surface area is 155 Å². The van der Waals surface area contributed by atoms with Gasteiger partial charge in [0.25, 0.3) is 5.91 Å². The summed E-state index contributed by atoms with van der Waals surface area (Å²) in [5.41, 5.74) is 3.36. The van der Waals surface area contributed by atoms with Crippen molar-refractivity contribution in [3.8, 4) is 0 Å². The Morgan fingerprint density at radius 1 is 1.50 bits per heavy atom. The molecule has 0 aromatic carbocycles. The average Bonchev–Trinajstić information content (AvgIpc) is 2.57. The van der Waals surface area contributed by atoms with Crippen molar-refractivity contribution in [1.29, 1.82) is 5.41 Å². The lowest BCUT2D eigenvalue weighted by molar-refractivity contribution is -0.135. The van der Waals surface area contributed by atoms with E-state index < -0.39 is 41.2 Å². The van der Waals surface area contributed by atoms with Crippen LogP contribution in [0.3, 0.4) is 0 Å². The molecule has 1 aliphatic heterocycles. The molecule has 1 aliphatic rings. The van der Waals surface area contributed by atoms with Gasteiger partial charge in [0.1, 0.15) is 23.2 Å². The first kappa shape index (κ1) is 21.6. The molecule has 11 nitrogen and oxygen atoms in total. The van der Waals surface area contributed by atoms with Crippen molar-refractivity contribution < 1.29 is 19.5 Å². The Morgan fingerprint density at radius 2 is 2.15 bits per heavy atom. The van der Waals surface area contributed by atoms with E-state index >= 15 is 0 Å². The van der Waals surface area contributed by atoms with Gasteiger partial charge in [-0.2, -0.15) is 0 Å². The number of carbonyl (C=O) groups excluding carboxylic acids is 3. The van der Waals surface area contributed by atoms with Crippen molar-refractivity contribution in [3.05, 3.63) is 11.1 Å². The molecule has 144 valence electrons. The number of nitrogens with two attached hydrogens (primary N) is 1. The first-order valence-corrected chi connectivity index (χ1v) is 8.14. The van der Waals surface area contributed by atoms with Crippen LogP contribution >= 0.6 is 12.6 Å². The normalized spacial score (nSPS) is 20.2. The van der Waals surface area contributed by atoms with Crippen LogP contribution in [0.2, 0.25) is 0 Å². The number of nitrogens with zero attached hydrogens (tertiary/aromatic N) is 1. The van der Waals surface area contributed by atoms with E-state index in [0.717, 1.165) is 11.7 Å². The maximum atomic E-state index is 12.2. The molecule has 1 fully saturated rings. The zero-order valence-corrected chi connectivity index (χ0v) is 15.3. The second kappa shape index (κ2) is 9.31. The van der Waals surface area contributed by atoms with Crippen LogP contribution in [0.5, 0.6) is 0 Å². The number of aliphatic hydroxyl groups is 1. The second-order valence-corrected chi connectivity index (χ2v) is 6.18. The van der Waals surface area contributed by atoms with Crippen LogP contribution in [0.25, 0.3) is 0 Å². The minimum Gasteiger partial charge on any atom is -0.372 e. The molecular formula is C14H23N7O4S. The molecule has 0 spiro atoms. The maximum Gasteiger partial charge on any atom is 0.272 e. The van der Waals surface area contributed by atoms with Crippen molar-refractivity contribution in [3.63, 3.8) is 0 Å². The standard InChI is InChI=1S/C14H23N7O4S/c1-14(2,25)19-6-18-8(5-26)10(16)12(23)21-11-7(20-13(11)24)4-17-9(22)3-15/h5-7,11,16,25-26H,3-4,15H2,1-2H3,(H,17,22)(H,18,19)(H,20,24)(H,21,23)/b8-5-,16-10?/t7-,11+/m1/s1. The highest BCUT2D eigenvalue weighted by atomic mass is 32.1. The summed E-state index contributed by atoms with van der Waals surface area (Å²) in [5, 5.41) is 28.5. The zero-order valence-electron chi connectivity index (χ0n) is 14.4. The Kier molecular flexibility index (Phi) is 7.74. The molecule has 8 N–H and O–H groups in total. The van der Waals surface area contributed by atoms with E-state index in [4.69, 9.17) is 11.1 Å². The summed E-state index contributed by atoms with van der Waals surface area (Å²) >= 11 is 3.90. The first-order valence-electron chi connectivity index (χ1n) is 7.63. The Bertz CT molecular complexity index is 642. The Balaban J connectivity index is 2.62. The molecule has 0 aliphatic carbocycles. The van der Waals surface area contributed by atoms with E-state index in [2.05, 4.69) is 38.9 Å². The van der Waals surface area contributed by atoms with Crippen molar-refractivity contribution in [1.82, 2.24) is 21.3 Å². The predicted octanol–water partition coefficient (Wildman–Crippen LogP) is -2.82. The van der Waals surface area contributed by atoms with Gasteiger partial charge in [-0.15, -0.1) is 12.6 Å². The van der Waals surface area contributed by atoms with Gasteiger partial charge in [-0.05, 0) is 19.3 Å². The molecule has 2 atom stereocenters. The van der Waals surface area contributed by atoms with Crippen LogP contribution in [-0.2, 0) is 14.4 Å². The van der Waals surface area contributed by atoms with Crippen molar-refractivity contribution in [2.75, 3.05) is 13.1 Å². The van der Waals surface area contributed by atoms with Gasteiger partial charge in [-0.25, -0.2) is 4.99 Å². The Morgan fingerprint density at radius 3 is 2.65 bits per heavy atom. The van der Waals surface area contributed by atoms with Gasteiger partial charge >= 0.3 is 0 Å². The van der Waals surface area contributed by atoms with E-state index in [1.54, 1.807) is 0 Å². The van der Waals surface area contributed by atoms with E-state index in [0.29, 0.717) is 0 Å². The molecule has 0 saturated carbocycles. The highest BCUT2D eigenvalue weighted by Gasteiger charge is 2.40. The summed E-state index contributed by atoms with van der Waals surface area (Å²) in [6.07, 6.45) is 1.13. The molecule has 0 aromatic heterocycles. The van der Waals surface area contributed by atoms with Crippen LogP contribution in [-0.4, -0.2) is 65.8 Å². The van der Waals surface area contributed by atoms with Gasteiger partial charge in [0.15, 0.2) is 0 Å². The van der Waals surface area contributed by atoms with E-state index in [1.165, 1.54) is 13.8 Å². The summed E-state index contributed by atoms with van der Waals surface area (Å²) in [6.45, 7) is 2.89. The highest BCUT2D eigenvalue weighted by Crippen LogP contribution is 2.07. The number of rotatable bonds is 9. The molecule has 12 heteroatoms. The van der Waals surface area contributed by atoms with Gasteiger partial charge in [0.2, 0.25) is 11.8 Å². The SMILES string of the molecule is CC(C)(O)N/C=N/C(=C\S)C(=N)C(=O)N[C@@H]1C(=O)N[C@@H]1CNC(=O)CN. The quantitative estimate of drug-likeness (QED) is 0.0696. The third-order valence-corrected chi connectivity index (χ3v) is 3.48. The summed E-state index contributed by atoms with van der Waals surface area (Å²) in [5.74, 6) is -1.65. The number of hydrogen-bond donors (Lipinski definition) is 8. The average molecular weight is 385 g/mol. The molecule has 0 unspecified atom stereocenters. The van der Waals surface area contributed by atoms with Crippen molar-refractivity contribution in [2.24, 2.45) is 10.7 Å². The topological polar surface area (TPSA) is 182 Å². The molecule has 0 radical (unpaired) electrons. The van der Waals surface area contributed by atoms with Gasteiger partial charge in [0.05, 0.1) is 18.9 Å². The molecule has 1 rings (SSSR count). The van der Waals surface area contributed by atoms with Gasteiger partial charge in [-0.1, -0.05) is 0 Å². The smallest absolute Gasteiger partial charge is 0.272 e. The van der Waals surface area contributed by atoms with E-state index in [9.17, 15) is 19.5 Å². The minimum absolute atomic E-state index is 0.0738. The number of nitrogens with one attached hydrogen (secondary N) is 5. The molecule has 3 amide bonds. The zero-order chi connectivity index (χ0) is 19.9. The lowest BCUT2D eigenvalue weighted by Crippen LogP contribution is -2.72. The number of thiol groups is 1. The molecule has 1 saturated heterocycles. The largest absolute Gasteiger partial charge is 0.372 e. The molecule has 0 aromatic rings. The molecule has 0 bridgehead atoms. The van der Waals surface area contributed by atoms with Crippen LogP contribution in [0.15, 0.2) is 16.1 Å². The fourth-order valence-corrected chi connectivity index (χ4v) is 2.02. The van der Waals surface area contributed by atoms with Gasteiger partial charge in [-0.3, -0.25) is 19.8 Å². The van der Waals surface area contributed by atoms with Crippen LogP contribution in [0, 0.1) is 5.41 Å². The molecule has 1 heterocycles. The molecular weight excluding hydrogens is 362 g/mol. The third kappa shape index (κ3) is 6.46. The number of β-lactam (4-membered cyclic amide) rings is 1. The maximum absolute atomic E-state index is 12.2. The van der Waals surface area contributed by atoms with Crippen LogP contribution < -0.4 is 27.0 Å². The summed E-state index contributed by atoms with van der Waals surface area (Å²) in [4.78, 5) is 38.7. The second-order valence-electron chi connectivity index (χ2n) is 5.93. The number of carbonyl (C=O) groups is 3. The minimum atomic E-state index is -1.22. The monoisotopic (exact) mass is 385 g/mol. The summed E-state index contributed by atoms with van der Waals surface area (Å²) < 4.78 is 0. The lowest BCUT2D eigenvalue weighted by atomic mass is 9.98. The van der Waals surface area contributed by atoms with Gasteiger partial charge in [0, 0.05) is 6.54 Å².